The first kappa shape index (κ1) is 16.5. The Hall–Kier alpha value is -3.35. The van der Waals surface area contributed by atoms with Crippen LogP contribution in [0.3, 0.4) is 0 Å². The van der Waals surface area contributed by atoms with E-state index < -0.39 is 17.6 Å². The summed E-state index contributed by atoms with van der Waals surface area (Å²) in [6, 6.07) is 10.4. The summed E-state index contributed by atoms with van der Waals surface area (Å²) in [5.74, 6) is -1.29. The summed E-state index contributed by atoms with van der Waals surface area (Å²) in [5.41, 5.74) is 1.14. The Morgan fingerprint density at radius 1 is 1.00 bits per heavy atom. The second-order valence-corrected chi connectivity index (χ2v) is 5.27. The molecule has 1 aromatic heterocycles. The van der Waals surface area contributed by atoms with Crippen molar-refractivity contribution >= 4 is 23.2 Å². The normalized spacial score (nSPS) is 13.5. The lowest BCUT2D eigenvalue weighted by molar-refractivity contribution is -0.110. The first-order chi connectivity index (χ1) is 12.1. The fraction of sp³-hybridized carbons (Fsp3) is 0.111. The van der Waals surface area contributed by atoms with E-state index in [1.807, 2.05) is 0 Å². The van der Waals surface area contributed by atoms with Gasteiger partial charge in [0, 0.05) is 18.4 Å². The van der Waals surface area contributed by atoms with Crippen LogP contribution in [0, 0.1) is 5.82 Å². The van der Waals surface area contributed by atoms with E-state index in [-0.39, 0.29) is 11.4 Å². The molecule has 1 aliphatic rings. The van der Waals surface area contributed by atoms with Gasteiger partial charge in [0.2, 0.25) is 0 Å². The average Bonchev–Trinajstić information content (AvgIpc) is 2.64. The molecule has 6 nitrogen and oxygen atoms in total. The molecule has 0 radical (unpaired) electrons. The van der Waals surface area contributed by atoms with E-state index in [4.69, 9.17) is 0 Å². The molecule has 0 unspecified atom stereocenters. The minimum absolute atomic E-state index is 0.125. The Morgan fingerprint density at radius 3 is 2.52 bits per heavy atom. The number of carbonyl (C=O) groups is 2. The van der Waals surface area contributed by atoms with Gasteiger partial charge in [-0.1, -0.05) is 12.1 Å². The highest BCUT2D eigenvalue weighted by Gasteiger charge is 2.21. The van der Waals surface area contributed by atoms with Crippen LogP contribution in [0.15, 0.2) is 65.4 Å². The smallest absolute Gasteiger partial charge is 0.275 e. The quantitative estimate of drug-likeness (QED) is 0.897. The van der Waals surface area contributed by atoms with Crippen LogP contribution < -0.4 is 10.6 Å². The van der Waals surface area contributed by atoms with Gasteiger partial charge in [0.15, 0.2) is 0 Å². The van der Waals surface area contributed by atoms with Crippen molar-refractivity contribution in [3.63, 3.8) is 0 Å². The second-order valence-electron chi connectivity index (χ2n) is 5.27. The number of nitrogens with one attached hydrogen (secondary N) is 2. The van der Waals surface area contributed by atoms with Crippen LogP contribution in [0.4, 0.5) is 10.1 Å². The Morgan fingerprint density at radius 2 is 1.80 bits per heavy atom. The van der Waals surface area contributed by atoms with Crippen LogP contribution in [-0.2, 0) is 4.79 Å². The number of benzene rings is 1. The van der Waals surface area contributed by atoms with Crippen molar-refractivity contribution in [2.45, 2.75) is 6.42 Å². The molecule has 0 atom stereocenters. The molecule has 1 aromatic carbocycles. The van der Waals surface area contributed by atoms with Gasteiger partial charge in [-0.3, -0.25) is 19.6 Å². The van der Waals surface area contributed by atoms with Crippen molar-refractivity contribution in [2.75, 3.05) is 11.9 Å². The minimum atomic E-state index is -0.473. The van der Waals surface area contributed by atoms with E-state index in [0.29, 0.717) is 24.4 Å². The number of hydrogen-bond donors (Lipinski definition) is 2. The Balaban J connectivity index is 1.72. The summed E-state index contributed by atoms with van der Waals surface area (Å²) in [7, 11) is 0. The van der Waals surface area contributed by atoms with Gasteiger partial charge in [0.1, 0.15) is 17.2 Å². The van der Waals surface area contributed by atoms with Gasteiger partial charge < -0.3 is 10.6 Å². The Labute approximate surface area is 143 Å². The zero-order valence-electron chi connectivity index (χ0n) is 13.2. The van der Waals surface area contributed by atoms with Crippen molar-refractivity contribution in [3.05, 3.63) is 71.9 Å². The fourth-order valence-electron chi connectivity index (χ4n) is 2.28. The summed E-state index contributed by atoms with van der Waals surface area (Å²) in [6.07, 6.45) is 3.87. The van der Waals surface area contributed by atoms with Crippen LogP contribution >= 0.6 is 0 Å². The average molecular weight is 338 g/mol. The van der Waals surface area contributed by atoms with E-state index in [1.165, 1.54) is 30.5 Å². The van der Waals surface area contributed by atoms with Crippen LogP contribution in [-0.4, -0.2) is 29.1 Å². The van der Waals surface area contributed by atoms with Crippen molar-refractivity contribution in [1.82, 2.24) is 10.3 Å². The predicted octanol–water partition coefficient (Wildman–Crippen LogP) is 2.32. The monoisotopic (exact) mass is 338 g/mol. The molecule has 3 rings (SSSR count). The zero-order chi connectivity index (χ0) is 17.6. The molecule has 2 heterocycles. The van der Waals surface area contributed by atoms with Gasteiger partial charge >= 0.3 is 0 Å². The van der Waals surface area contributed by atoms with Crippen LogP contribution in [0.1, 0.15) is 16.9 Å². The molecule has 2 amide bonds. The van der Waals surface area contributed by atoms with Gasteiger partial charge in [0.25, 0.3) is 11.8 Å². The highest BCUT2D eigenvalue weighted by molar-refractivity contribution is 6.49. The van der Waals surface area contributed by atoms with Crippen LogP contribution in [0.2, 0.25) is 0 Å². The van der Waals surface area contributed by atoms with Gasteiger partial charge in [-0.05, 0) is 42.8 Å². The van der Waals surface area contributed by atoms with Gasteiger partial charge in [-0.2, -0.15) is 0 Å². The lowest BCUT2D eigenvalue weighted by atomic mass is 10.1. The number of dihydropyridines is 1. The molecule has 0 aliphatic carbocycles. The maximum atomic E-state index is 12.9. The van der Waals surface area contributed by atoms with Gasteiger partial charge in [0.05, 0.1) is 5.70 Å². The second kappa shape index (κ2) is 7.48. The van der Waals surface area contributed by atoms with Crippen molar-refractivity contribution < 1.29 is 14.0 Å². The zero-order valence-corrected chi connectivity index (χ0v) is 13.2. The number of hydrogen-bond acceptors (Lipinski definition) is 4. The molecular formula is C18H15FN4O2. The number of nitrogens with zero attached hydrogens (tertiary/aromatic N) is 2. The maximum absolute atomic E-state index is 12.9. The number of carbonyl (C=O) groups excluding carboxylic acids is 2. The summed E-state index contributed by atoms with van der Waals surface area (Å²) >= 11 is 0. The lowest BCUT2D eigenvalue weighted by Gasteiger charge is -2.16. The Kier molecular flexibility index (Phi) is 4.94. The molecule has 25 heavy (non-hydrogen) atoms. The van der Waals surface area contributed by atoms with E-state index in [2.05, 4.69) is 20.6 Å². The molecular weight excluding hydrogens is 323 g/mol. The molecule has 7 heteroatoms. The molecule has 1 aliphatic heterocycles. The largest absolute Gasteiger partial charge is 0.321 e. The number of pyridine rings is 1. The first-order valence-corrected chi connectivity index (χ1v) is 7.68. The van der Waals surface area contributed by atoms with E-state index >= 15 is 0 Å². The SMILES string of the molecule is O=C(Nc1ccc(F)cc1)C1=NCCC=C1NC(=O)c1ccccn1. The number of aliphatic imine (C=N–C) groups is 1. The van der Waals surface area contributed by atoms with Crippen molar-refractivity contribution in [3.8, 4) is 0 Å². The summed E-state index contributed by atoms with van der Waals surface area (Å²) in [5, 5.41) is 5.31. The molecule has 0 bridgehead atoms. The van der Waals surface area contributed by atoms with Crippen LogP contribution in [0.25, 0.3) is 0 Å². The number of amides is 2. The minimum Gasteiger partial charge on any atom is -0.321 e. The highest BCUT2D eigenvalue weighted by Crippen LogP contribution is 2.12. The number of halogens is 1. The lowest BCUT2D eigenvalue weighted by Crippen LogP contribution is -2.35. The topological polar surface area (TPSA) is 83.5 Å². The molecule has 0 saturated carbocycles. The van der Waals surface area contributed by atoms with Crippen molar-refractivity contribution in [2.24, 2.45) is 4.99 Å². The number of aromatic nitrogens is 1. The van der Waals surface area contributed by atoms with E-state index in [0.717, 1.165) is 0 Å². The van der Waals surface area contributed by atoms with E-state index in [9.17, 15) is 14.0 Å². The standard InChI is InChI=1S/C18H15FN4O2/c19-12-6-8-13(9-7-12)22-18(25)16-14(5-3-11-21-16)23-17(24)15-4-1-2-10-20-15/h1-2,4-10H,3,11H2,(H,22,25)(H,23,24). The third-order valence-electron chi connectivity index (χ3n) is 3.47. The third-order valence-corrected chi connectivity index (χ3v) is 3.47. The summed E-state index contributed by atoms with van der Waals surface area (Å²) in [6.45, 7) is 0.454. The van der Waals surface area contributed by atoms with Crippen molar-refractivity contribution in [1.29, 1.82) is 0 Å². The molecule has 2 N–H and O–H groups in total. The number of rotatable bonds is 4. The molecule has 126 valence electrons. The third kappa shape index (κ3) is 4.14. The first-order valence-electron chi connectivity index (χ1n) is 7.68. The maximum Gasteiger partial charge on any atom is 0.275 e. The predicted molar refractivity (Wildman–Crippen MR) is 91.7 cm³/mol. The number of anilines is 1. The highest BCUT2D eigenvalue weighted by atomic mass is 19.1. The summed E-state index contributed by atoms with van der Waals surface area (Å²) < 4.78 is 12.9. The Bertz CT molecular complexity index is 845. The van der Waals surface area contributed by atoms with Gasteiger partial charge in [-0.25, -0.2) is 4.39 Å². The van der Waals surface area contributed by atoms with Crippen LogP contribution in [0.5, 0.6) is 0 Å². The molecule has 2 aromatic rings. The van der Waals surface area contributed by atoms with Gasteiger partial charge in [-0.15, -0.1) is 0 Å². The molecule has 0 saturated heterocycles. The molecule has 0 spiro atoms. The fourth-order valence-corrected chi connectivity index (χ4v) is 2.28. The summed E-state index contributed by atoms with van der Waals surface area (Å²) in [4.78, 5) is 32.8. The van der Waals surface area contributed by atoms with E-state index in [1.54, 1.807) is 24.3 Å². The molecule has 0 fully saturated rings.